The molecule has 0 saturated heterocycles. The molecule has 0 spiro atoms. The predicted octanol–water partition coefficient (Wildman–Crippen LogP) is -2.67. The van der Waals surface area contributed by atoms with Crippen molar-refractivity contribution in [3.63, 3.8) is 0 Å². The van der Waals surface area contributed by atoms with Crippen LogP contribution in [0.5, 0.6) is 0 Å². The first-order valence-electron chi connectivity index (χ1n) is 3.70. The molecule has 1 aliphatic carbocycles. The summed E-state index contributed by atoms with van der Waals surface area (Å²) in [6, 6.07) is -0.0440. The molecule has 66 valence electrons. The Morgan fingerprint density at radius 1 is 1.33 bits per heavy atom. The van der Waals surface area contributed by atoms with Crippen LogP contribution in [0.3, 0.4) is 0 Å². The second-order valence-corrected chi connectivity index (χ2v) is 4.34. The fourth-order valence-corrected chi connectivity index (χ4v) is 2.03. The second-order valence-electron chi connectivity index (χ2n) is 2.91. The fraction of sp³-hybridized carbons (Fsp3) is 1.00. The van der Waals surface area contributed by atoms with Gasteiger partial charge in [-0.3, -0.25) is 0 Å². The minimum Gasteiger partial charge on any atom is -0.735 e. The zero-order chi connectivity index (χ0) is 8.48. The maximum absolute atomic E-state index is 10.5. The van der Waals surface area contributed by atoms with Crippen LogP contribution in [0.2, 0.25) is 0 Å². The van der Waals surface area contributed by atoms with Crippen molar-refractivity contribution in [3.05, 3.63) is 0 Å². The molecule has 4 nitrogen and oxygen atoms in total. The topological polar surface area (TPSA) is 60.4 Å². The molecule has 12 heavy (non-hydrogen) atoms. The van der Waals surface area contributed by atoms with Gasteiger partial charge in [-0.25, -0.2) is 12.7 Å². The number of nitrogens with zero attached hydrogens (tertiary/aromatic N) is 1. The molecule has 0 aliphatic heterocycles. The van der Waals surface area contributed by atoms with Gasteiger partial charge in [0, 0.05) is 13.1 Å². The summed E-state index contributed by atoms with van der Waals surface area (Å²) in [4.78, 5) is 0. The molecule has 0 aromatic carbocycles. The Kier molecular flexibility index (Phi) is 5.29. The zero-order valence-electron chi connectivity index (χ0n) is 7.49. The Bertz CT molecular complexity index is 223. The van der Waals surface area contributed by atoms with Crippen molar-refractivity contribution < 1.29 is 42.5 Å². The van der Waals surface area contributed by atoms with E-state index < -0.39 is 10.3 Å². The molecule has 0 aromatic rings. The Labute approximate surface area is 95.5 Å². The van der Waals surface area contributed by atoms with Crippen LogP contribution in [-0.2, 0) is 10.3 Å². The first-order valence-corrected chi connectivity index (χ1v) is 5.07. The molecule has 6 heteroatoms. The largest absolute Gasteiger partial charge is 1.00 e. The van der Waals surface area contributed by atoms with Crippen molar-refractivity contribution >= 4 is 10.3 Å². The molecule has 0 heterocycles. The zero-order valence-corrected chi connectivity index (χ0v) is 10.3. The van der Waals surface area contributed by atoms with Gasteiger partial charge in [0.15, 0.2) is 10.3 Å². The van der Waals surface area contributed by atoms with E-state index in [1.165, 1.54) is 7.05 Å². The molecule has 0 bridgehead atoms. The molecule has 1 aliphatic rings. The van der Waals surface area contributed by atoms with Crippen LogP contribution < -0.4 is 29.6 Å². The van der Waals surface area contributed by atoms with Gasteiger partial charge in [-0.1, -0.05) is 12.8 Å². The van der Waals surface area contributed by atoms with Crippen LogP contribution in [0.25, 0.3) is 0 Å². The SMILES string of the molecule is CN(C1CCCC1)S(=O)(=O)[O-].[Na+]. The Morgan fingerprint density at radius 3 is 2.08 bits per heavy atom. The molecule has 0 unspecified atom stereocenters. The first-order chi connectivity index (χ1) is 5.02. The smallest absolute Gasteiger partial charge is 0.735 e. The van der Waals surface area contributed by atoms with Gasteiger partial charge in [0.2, 0.25) is 0 Å². The Hall–Kier alpha value is 0.870. The molecular formula is C6H12NNaO3S. The van der Waals surface area contributed by atoms with E-state index in [9.17, 15) is 13.0 Å². The van der Waals surface area contributed by atoms with Crippen molar-refractivity contribution in [1.82, 2.24) is 4.31 Å². The summed E-state index contributed by atoms with van der Waals surface area (Å²) >= 11 is 0. The number of hydrogen-bond donors (Lipinski definition) is 0. The third-order valence-electron chi connectivity index (χ3n) is 2.19. The van der Waals surface area contributed by atoms with Crippen LogP contribution in [0.1, 0.15) is 25.7 Å². The van der Waals surface area contributed by atoms with E-state index in [4.69, 9.17) is 0 Å². The van der Waals surface area contributed by atoms with Gasteiger partial charge >= 0.3 is 29.6 Å². The van der Waals surface area contributed by atoms with Gasteiger partial charge in [-0.2, -0.15) is 0 Å². The Balaban J connectivity index is 0.00000121. The summed E-state index contributed by atoms with van der Waals surface area (Å²) in [7, 11) is -2.84. The van der Waals surface area contributed by atoms with Crippen molar-refractivity contribution in [1.29, 1.82) is 0 Å². The first kappa shape index (κ1) is 12.9. The third kappa shape index (κ3) is 3.32. The molecule has 1 fully saturated rings. The molecule has 0 atom stereocenters. The second kappa shape index (κ2) is 4.93. The minimum absolute atomic E-state index is 0. The van der Waals surface area contributed by atoms with Crippen LogP contribution in [0.15, 0.2) is 0 Å². The minimum atomic E-state index is -4.20. The van der Waals surface area contributed by atoms with E-state index in [0.29, 0.717) is 0 Å². The Morgan fingerprint density at radius 2 is 1.75 bits per heavy atom. The van der Waals surface area contributed by atoms with E-state index in [2.05, 4.69) is 0 Å². The summed E-state index contributed by atoms with van der Waals surface area (Å²) < 4.78 is 32.4. The van der Waals surface area contributed by atoms with Crippen molar-refractivity contribution in [2.75, 3.05) is 7.05 Å². The van der Waals surface area contributed by atoms with E-state index >= 15 is 0 Å². The monoisotopic (exact) mass is 201 g/mol. The molecule has 1 saturated carbocycles. The summed E-state index contributed by atoms with van der Waals surface area (Å²) in [6.07, 6.45) is 3.73. The van der Waals surface area contributed by atoms with Gasteiger partial charge < -0.3 is 4.55 Å². The van der Waals surface area contributed by atoms with Crippen LogP contribution in [0, 0.1) is 0 Å². The number of hydrogen-bond acceptors (Lipinski definition) is 3. The fourth-order valence-electron chi connectivity index (χ4n) is 1.45. The van der Waals surface area contributed by atoms with Crippen LogP contribution in [-0.4, -0.2) is 30.4 Å². The van der Waals surface area contributed by atoms with E-state index in [-0.39, 0.29) is 35.6 Å². The van der Waals surface area contributed by atoms with Gasteiger partial charge in [-0.15, -0.1) is 0 Å². The third-order valence-corrected chi connectivity index (χ3v) is 3.20. The van der Waals surface area contributed by atoms with Gasteiger partial charge in [0.05, 0.1) is 0 Å². The van der Waals surface area contributed by atoms with E-state index in [0.717, 1.165) is 30.0 Å². The standard InChI is InChI=1S/C6H13NO3S.Na/c1-7(11(8,9)10)6-4-2-3-5-6;/h6H,2-5H2,1H3,(H,8,9,10);/q;+1/p-1. The van der Waals surface area contributed by atoms with Crippen LogP contribution in [0.4, 0.5) is 0 Å². The maximum Gasteiger partial charge on any atom is 1.00 e. The normalized spacial score (nSPS) is 19.6. The van der Waals surface area contributed by atoms with Crippen LogP contribution >= 0.6 is 0 Å². The quantitative estimate of drug-likeness (QED) is 0.361. The summed E-state index contributed by atoms with van der Waals surface area (Å²) in [5.74, 6) is 0. The summed E-state index contributed by atoms with van der Waals surface area (Å²) in [5, 5.41) is 0. The predicted molar refractivity (Wildman–Crippen MR) is 39.7 cm³/mol. The molecular weight excluding hydrogens is 189 g/mol. The molecule has 1 rings (SSSR count). The van der Waals surface area contributed by atoms with Crippen molar-refractivity contribution in [2.45, 2.75) is 31.7 Å². The van der Waals surface area contributed by atoms with Gasteiger partial charge in [0.25, 0.3) is 0 Å². The molecule has 0 N–H and O–H groups in total. The maximum atomic E-state index is 10.5. The average molecular weight is 201 g/mol. The van der Waals surface area contributed by atoms with Gasteiger partial charge in [-0.05, 0) is 12.8 Å². The molecule has 0 radical (unpaired) electrons. The van der Waals surface area contributed by atoms with Crippen molar-refractivity contribution in [3.8, 4) is 0 Å². The van der Waals surface area contributed by atoms with Gasteiger partial charge in [0.1, 0.15) is 0 Å². The van der Waals surface area contributed by atoms with Crippen molar-refractivity contribution in [2.24, 2.45) is 0 Å². The number of rotatable bonds is 2. The molecule has 0 aromatic heterocycles. The molecule has 0 amide bonds. The van der Waals surface area contributed by atoms with E-state index in [1.54, 1.807) is 0 Å². The average Bonchev–Trinajstić information content (AvgIpc) is 2.34. The summed E-state index contributed by atoms with van der Waals surface area (Å²) in [6.45, 7) is 0. The van der Waals surface area contributed by atoms with E-state index in [1.807, 2.05) is 0 Å². The summed E-state index contributed by atoms with van der Waals surface area (Å²) in [5.41, 5.74) is 0.